The molecule has 3 aliphatic rings. The lowest BCUT2D eigenvalue weighted by Crippen LogP contribution is -2.58. The van der Waals surface area contributed by atoms with Gasteiger partial charge in [-0.05, 0) is 7.05 Å². The molecule has 3 aliphatic heterocycles. The quantitative estimate of drug-likeness (QED) is 0.592. The molecule has 0 radical (unpaired) electrons. The Morgan fingerprint density at radius 1 is 1.27 bits per heavy atom. The van der Waals surface area contributed by atoms with Gasteiger partial charge < -0.3 is 19.5 Å². The molecular weight excluding hydrogens is 146 g/mol. The summed E-state index contributed by atoms with van der Waals surface area (Å²) in [6.45, 7) is 2.89. The van der Waals surface area contributed by atoms with Crippen LogP contribution in [0.2, 0.25) is 0 Å². The maximum Gasteiger partial charge on any atom is 0.296 e. The van der Waals surface area contributed by atoms with Gasteiger partial charge in [-0.25, -0.2) is 0 Å². The minimum Gasteiger partial charge on any atom is -0.326 e. The fraction of sp³-hybridized carbons (Fsp3) is 1.00. The van der Waals surface area contributed by atoms with Crippen molar-refractivity contribution in [1.82, 2.24) is 5.32 Å². The van der Waals surface area contributed by atoms with Gasteiger partial charge in [-0.1, -0.05) is 0 Å². The summed E-state index contributed by atoms with van der Waals surface area (Å²) < 4.78 is 16.2. The summed E-state index contributed by atoms with van der Waals surface area (Å²) in [6, 6.07) is 0. The van der Waals surface area contributed by atoms with Crippen molar-refractivity contribution in [3.05, 3.63) is 0 Å². The number of hydrogen-bond acceptors (Lipinski definition) is 4. The first kappa shape index (κ1) is 7.49. The van der Waals surface area contributed by atoms with E-state index in [0.29, 0.717) is 12.5 Å². The summed E-state index contributed by atoms with van der Waals surface area (Å²) >= 11 is 0. The molecule has 2 bridgehead atoms. The minimum absolute atomic E-state index is 0.439. The highest BCUT2D eigenvalue weighted by Gasteiger charge is 2.43. The first-order valence-corrected chi connectivity index (χ1v) is 3.91. The van der Waals surface area contributed by atoms with Gasteiger partial charge in [0.25, 0.3) is 5.97 Å². The Balaban J connectivity index is 2.00. The van der Waals surface area contributed by atoms with Crippen LogP contribution in [0.4, 0.5) is 0 Å². The topological polar surface area (TPSA) is 39.7 Å². The van der Waals surface area contributed by atoms with E-state index in [4.69, 9.17) is 14.2 Å². The predicted octanol–water partition coefficient (Wildman–Crippen LogP) is -0.447. The van der Waals surface area contributed by atoms with Crippen molar-refractivity contribution in [3.8, 4) is 0 Å². The Morgan fingerprint density at radius 2 is 1.82 bits per heavy atom. The Morgan fingerprint density at radius 3 is 2.27 bits per heavy atom. The predicted molar refractivity (Wildman–Crippen MR) is 38.0 cm³/mol. The van der Waals surface area contributed by atoms with Crippen LogP contribution >= 0.6 is 0 Å². The summed E-state index contributed by atoms with van der Waals surface area (Å²) in [4.78, 5) is 0. The number of ether oxygens (including phenoxy) is 3. The lowest BCUT2D eigenvalue weighted by atomic mass is 10.1. The molecule has 0 aliphatic carbocycles. The van der Waals surface area contributed by atoms with Crippen LogP contribution in [-0.2, 0) is 14.2 Å². The van der Waals surface area contributed by atoms with Crippen molar-refractivity contribution in [2.45, 2.75) is 5.97 Å². The molecule has 0 spiro atoms. The first-order chi connectivity index (χ1) is 5.35. The Bertz CT molecular complexity index is 123. The molecule has 3 saturated heterocycles. The highest BCUT2D eigenvalue weighted by atomic mass is 16.9. The van der Waals surface area contributed by atoms with Crippen LogP contribution in [0.15, 0.2) is 0 Å². The first-order valence-electron chi connectivity index (χ1n) is 3.91. The zero-order valence-electron chi connectivity index (χ0n) is 6.63. The van der Waals surface area contributed by atoms with Gasteiger partial charge in [-0.15, -0.1) is 0 Å². The second-order valence-corrected chi connectivity index (χ2v) is 3.01. The minimum atomic E-state index is -0.774. The maximum absolute atomic E-state index is 5.40. The monoisotopic (exact) mass is 159 g/mol. The molecule has 3 rings (SSSR count). The largest absolute Gasteiger partial charge is 0.326 e. The fourth-order valence-electron chi connectivity index (χ4n) is 1.37. The van der Waals surface area contributed by atoms with E-state index in [9.17, 15) is 0 Å². The van der Waals surface area contributed by atoms with Gasteiger partial charge in [-0.3, -0.25) is 0 Å². The van der Waals surface area contributed by atoms with Gasteiger partial charge in [0.15, 0.2) is 0 Å². The molecule has 0 unspecified atom stereocenters. The molecule has 0 aromatic rings. The Labute approximate surface area is 65.8 Å². The molecule has 3 fully saturated rings. The fourth-order valence-corrected chi connectivity index (χ4v) is 1.37. The van der Waals surface area contributed by atoms with E-state index in [2.05, 4.69) is 5.32 Å². The van der Waals surface area contributed by atoms with Crippen LogP contribution in [0, 0.1) is 5.92 Å². The molecule has 3 heterocycles. The average molecular weight is 159 g/mol. The van der Waals surface area contributed by atoms with Crippen LogP contribution in [-0.4, -0.2) is 39.4 Å². The summed E-state index contributed by atoms with van der Waals surface area (Å²) in [5, 5.41) is 2.98. The molecule has 0 amide bonds. The number of likely N-dealkylation sites (N-methyl/N-ethyl adjacent to an activating group) is 1. The highest BCUT2D eigenvalue weighted by Crippen LogP contribution is 2.29. The number of hydrogen-bond donors (Lipinski definition) is 1. The lowest BCUT2D eigenvalue weighted by Gasteiger charge is -2.44. The second-order valence-electron chi connectivity index (χ2n) is 3.01. The summed E-state index contributed by atoms with van der Waals surface area (Å²) in [5.41, 5.74) is 0. The maximum atomic E-state index is 5.40. The van der Waals surface area contributed by atoms with E-state index < -0.39 is 5.97 Å². The van der Waals surface area contributed by atoms with E-state index in [0.717, 1.165) is 19.8 Å². The van der Waals surface area contributed by atoms with E-state index in [-0.39, 0.29) is 0 Å². The summed E-state index contributed by atoms with van der Waals surface area (Å²) in [7, 11) is 1.85. The van der Waals surface area contributed by atoms with Crippen LogP contribution in [0.3, 0.4) is 0 Å². The molecule has 0 aromatic heterocycles. The Kier molecular flexibility index (Phi) is 1.85. The normalized spacial score (nSPS) is 42.8. The SMILES string of the molecule is CNCC12OCC(CO1)CO2. The highest BCUT2D eigenvalue weighted by molar-refractivity contribution is 4.75. The third kappa shape index (κ3) is 1.27. The van der Waals surface area contributed by atoms with Gasteiger partial charge in [0, 0.05) is 5.92 Å². The van der Waals surface area contributed by atoms with Gasteiger partial charge >= 0.3 is 0 Å². The lowest BCUT2D eigenvalue weighted by molar-refractivity contribution is -0.443. The van der Waals surface area contributed by atoms with E-state index >= 15 is 0 Å². The third-order valence-corrected chi connectivity index (χ3v) is 2.01. The standard InChI is InChI=1S/C7H13NO3/c1-8-5-7-9-2-6(3-10-7)4-11-7/h6,8H,2-5H2,1H3. The van der Waals surface area contributed by atoms with Crippen LogP contribution in [0.1, 0.15) is 0 Å². The molecule has 11 heavy (non-hydrogen) atoms. The molecule has 4 heteroatoms. The van der Waals surface area contributed by atoms with Gasteiger partial charge in [0.05, 0.1) is 26.4 Å². The number of nitrogens with one attached hydrogen (secondary N) is 1. The van der Waals surface area contributed by atoms with Crippen molar-refractivity contribution in [1.29, 1.82) is 0 Å². The van der Waals surface area contributed by atoms with E-state index in [1.807, 2.05) is 7.05 Å². The van der Waals surface area contributed by atoms with Crippen molar-refractivity contribution in [3.63, 3.8) is 0 Å². The zero-order valence-corrected chi connectivity index (χ0v) is 6.63. The van der Waals surface area contributed by atoms with Crippen LogP contribution in [0.5, 0.6) is 0 Å². The smallest absolute Gasteiger partial charge is 0.296 e. The summed E-state index contributed by atoms with van der Waals surface area (Å²) in [6.07, 6.45) is 0. The van der Waals surface area contributed by atoms with Crippen molar-refractivity contribution >= 4 is 0 Å². The van der Waals surface area contributed by atoms with E-state index in [1.165, 1.54) is 0 Å². The van der Waals surface area contributed by atoms with Gasteiger partial charge in [0.2, 0.25) is 0 Å². The molecule has 1 N–H and O–H groups in total. The van der Waals surface area contributed by atoms with Gasteiger partial charge in [0.1, 0.15) is 0 Å². The molecule has 0 atom stereocenters. The molecule has 0 saturated carbocycles. The molecule has 0 aromatic carbocycles. The van der Waals surface area contributed by atoms with Crippen molar-refractivity contribution in [2.75, 3.05) is 33.4 Å². The van der Waals surface area contributed by atoms with Crippen LogP contribution < -0.4 is 5.32 Å². The average Bonchev–Trinajstić information content (AvgIpc) is 2.07. The zero-order chi connectivity index (χ0) is 7.73. The summed E-state index contributed by atoms with van der Waals surface area (Å²) in [5.74, 6) is -0.336. The molecule has 4 nitrogen and oxygen atoms in total. The van der Waals surface area contributed by atoms with Crippen LogP contribution in [0.25, 0.3) is 0 Å². The Hall–Kier alpha value is -0.160. The number of fused-ring (bicyclic) bond motifs is 3. The van der Waals surface area contributed by atoms with Gasteiger partial charge in [-0.2, -0.15) is 0 Å². The van der Waals surface area contributed by atoms with E-state index in [1.54, 1.807) is 0 Å². The molecular formula is C7H13NO3. The van der Waals surface area contributed by atoms with Crippen molar-refractivity contribution in [2.24, 2.45) is 5.92 Å². The third-order valence-electron chi connectivity index (χ3n) is 2.01. The second kappa shape index (κ2) is 2.71. The van der Waals surface area contributed by atoms with Crippen molar-refractivity contribution < 1.29 is 14.2 Å². The molecule has 64 valence electrons. The number of rotatable bonds is 2.